The van der Waals surface area contributed by atoms with E-state index in [1.807, 2.05) is 49.4 Å². The molecule has 0 N–H and O–H groups in total. The van der Waals surface area contributed by atoms with E-state index in [-0.39, 0.29) is 5.82 Å². The minimum Gasteiger partial charge on any atom is -0.311 e. The fourth-order valence-corrected chi connectivity index (χ4v) is 7.49. The van der Waals surface area contributed by atoms with Crippen LogP contribution in [0.1, 0.15) is 25.8 Å². The third-order valence-electron chi connectivity index (χ3n) is 10.7. The lowest BCUT2D eigenvalue weighted by molar-refractivity contribution is 0.628. The Morgan fingerprint density at radius 2 is 0.966 bits per heavy atom. The van der Waals surface area contributed by atoms with Crippen LogP contribution in [-0.2, 0) is 0 Å². The topological polar surface area (TPSA) is 6.48 Å². The van der Waals surface area contributed by atoms with Crippen LogP contribution in [0, 0.1) is 11.7 Å². The van der Waals surface area contributed by atoms with Crippen molar-refractivity contribution in [2.24, 2.45) is 5.92 Å². The Balaban J connectivity index is 1.05. The number of rotatable bonds is 12. The molecule has 288 valence electrons. The molecule has 0 aromatic heterocycles. The van der Waals surface area contributed by atoms with Crippen molar-refractivity contribution < 1.29 is 4.39 Å². The molecular formula is C56H47FN2. The first-order valence-electron chi connectivity index (χ1n) is 20.1. The van der Waals surface area contributed by atoms with Crippen LogP contribution in [0.3, 0.4) is 0 Å². The molecule has 1 aliphatic carbocycles. The second kappa shape index (κ2) is 17.5. The fourth-order valence-electron chi connectivity index (χ4n) is 7.49. The largest absolute Gasteiger partial charge is 0.311 e. The Labute approximate surface area is 348 Å². The molecule has 1 aliphatic rings. The summed E-state index contributed by atoms with van der Waals surface area (Å²) in [4.78, 5) is 4.34. The number of hydrogen-bond acceptors (Lipinski definition) is 2. The summed E-state index contributed by atoms with van der Waals surface area (Å²) in [7, 11) is 0. The number of allylic oxidation sites excluding steroid dienone is 7. The highest BCUT2D eigenvalue weighted by Crippen LogP contribution is 2.38. The van der Waals surface area contributed by atoms with Gasteiger partial charge in [0.15, 0.2) is 0 Å². The van der Waals surface area contributed by atoms with Gasteiger partial charge in [-0.1, -0.05) is 147 Å². The average Bonchev–Trinajstić information content (AvgIpc) is 3.28. The maximum atomic E-state index is 14.0. The Morgan fingerprint density at radius 3 is 1.46 bits per heavy atom. The number of halogens is 1. The molecule has 7 aromatic rings. The van der Waals surface area contributed by atoms with Crippen molar-refractivity contribution in [2.75, 3.05) is 9.80 Å². The van der Waals surface area contributed by atoms with Crippen LogP contribution < -0.4 is 9.80 Å². The fraction of sp³-hybridized carbons (Fsp3) is 0.0714. The van der Waals surface area contributed by atoms with Gasteiger partial charge in [0.2, 0.25) is 0 Å². The molecule has 0 aliphatic heterocycles. The maximum absolute atomic E-state index is 14.0. The highest BCUT2D eigenvalue weighted by Gasteiger charge is 2.16. The van der Waals surface area contributed by atoms with E-state index < -0.39 is 0 Å². The zero-order chi connectivity index (χ0) is 40.7. The van der Waals surface area contributed by atoms with Crippen LogP contribution in [0.4, 0.5) is 32.8 Å². The number of benzene rings is 7. The van der Waals surface area contributed by atoms with Crippen molar-refractivity contribution in [3.63, 3.8) is 0 Å². The van der Waals surface area contributed by atoms with Crippen LogP contribution in [-0.4, -0.2) is 0 Å². The van der Waals surface area contributed by atoms with Crippen LogP contribution >= 0.6 is 0 Å². The van der Waals surface area contributed by atoms with Gasteiger partial charge < -0.3 is 9.80 Å². The molecule has 1 unspecified atom stereocenters. The molecule has 0 radical (unpaired) electrons. The van der Waals surface area contributed by atoms with E-state index in [0.717, 1.165) is 79.5 Å². The minimum absolute atomic E-state index is 0.262. The third-order valence-corrected chi connectivity index (χ3v) is 10.7. The molecule has 2 nitrogen and oxygen atoms in total. The van der Waals surface area contributed by atoms with Gasteiger partial charge in [-0.3, -0.25) is 0 Å². The van der Waals surface area contributed by atoms with Gasteiger partial charge in [-0.25, -0.2) is 4.39 Å². The van der Waals surface area contributed by atoms with Gasteiger partial charge in [0, 0.05) is 34.1 Å². The van der Waals surface area contributed by atoms with E-state index in [2.05, 4.69) is 182 Å². The lowest BCUT2D eigenvalue weighted by Gasteiger charge is -2.26. The van der Waals surface area contributed by atoms with Crippen LogP contribution in [0.2, 0.25) is 0 Å². The standard InChI is InChI=1S/C56H47FN2/c1-40(2)13-16-42(4)58(52-29-19-46(20-30-52)44-17-14-41(3)15-18-44)53-31-23-47(24-32-53)49-11-8-12-50(39-49)48-25-35-55(36-26-48)59(56-37-27-51(57)28-38-56)54-33-21-45(22-34-54)43-9-6-5-7-10-43/h5-14,16-39,41H,1,4,15H2,2-3H3/b16-13-. The molecule has 59 heavy (non-hydrogen) atoms. The number of nitrogens with zero attached hydrogens (tertiary/aromatic N) is 2. The molecule has 1 atom stereocenters. The van der Waals surface area contributed by atoms with E-state index in [9.17, 15) is 4.39 Å². The first-order valence-corrected chi connectivity index (χ1v) is 20.1. The lowest BCUT2D eigenvalue weighted by Crippen LogP contribution is -2.14. The summed E-state index contributed by atoms with van der Waals surface area (Å²) in [5.74, 6) is 0.318. The van der Waals surface area contributed by atoms with Crippen LogP contribution in [0.15, 0.2) is 231 Å². The summed E-state index contributed by atoms with van der Waals surface area (Å²) in [5.41, 5.74) is 16.0. The molecule has 0 amide bonds. The van der Waals surface area contributed by atoms with E-state index in [4.69, 9.17) is 0 Å². The van der Waals surface area contributed by atoms with E-state index >= 15 is 0 Å². The quantitative estimate of drug-likeness (QED) is 0.114. The smallest absolute Gasteiger partial charge is 0.123 e. The van der Waals surface area contributed by atoms with Crippen molar-refractivity contribution in [3.05, 3.63) is 242 Å². The minimum atomic E-state index is -0.262. The van der Waals surface area contributed by atoms with Gasteiger partial charge in [-0.2, -0.15) is 0 Å². The van der Waals surface area contributed by atoms with Gasteiger partial charge in [0.05, 0.1) is 0 Å². The number of hydrogen-bond donors (Lipinski definition) is 0. The predicted octanol–water partition coefficient (Wildman–Crippen LogP) is 16.1. The zero-order valence-electron chi connectivity index (χ0n) is 33.6. The summed E-state index contributed by atoms with van der Waals surface area (Å²) < 4.78 is 14.0. The van der Waals surface area contributed by atoms with E-state index in [1.54, 1.807) is 0 Å². The van der Waals surface area contributed by atoms with Crippen molar-refractivity contribution in [3.8, 4) is 33.4 Å². The molecule has 0 fully saturated rings. The molecule has 0 saturated carbocycles. The van der Waals surface area contributed by atoms with Crippen LogP contribution in [0.5, 0.6) is 0 Å². The SMILES string of the molecule is C=C(C)/C=C\C(=C)N(c1ccc(C2=CCC(C)C=C2)cc1)c1ccc(-c2cccc(-c3ccc(N(c4ccc(F)cc4)c4ccc(-c5ccccc5)cc4)cc3)c2)cc1. The Bertz CT molecular complexity index is 2650. The molecule has 0 saturated heterocycles. The summed E-state index contributed by atoms with van der Waals surface area (Å²) >= 11 is 0. The first kappa shape index (κ1) is 38.6. The Morgan fingerprint density at radius 1 is 0.525 bits per heavy atom. The molecular weight excluding hydrogens is 720 g/mol. The van der Waals surface area contributed by atoms with E-state index in [0.29, 0.717) is 5.92 Å². The second-order valence-electron chi connectivity index (χ2n) is 15.2. The maximum Gasteiger partial charge on any atom is 0.123 e. The molecule has 0 spiro atoms. The second-order valence-corrected chi connectivity index (χ2v) is 15.2. The normalized spacial score (nSPS) is 13.5. The summed E-state index contributed by atoms with van der Waals surface area (Å²) in [6.45, 7) is 12.7. The van der Waals surface area contributed by atoms with Gasteiger partial charge in [-0.05, 0) is 149 Å². The molecule has 0 bridgehead atoms. The molecule has 8 rings (SSSR count). The van der Waals surface area contributed by atoms with Gasteiger partial charge >= 0.3 is 0 Å². The van der Waals surface area contributed by atoms with Crippen molar-refractivity contribution in [1.29, 1.82) is 0 Å². The summed E-state index contributed by atoms with van der Waals surface area (Å²) in [6.07, 6.45) is 11.9. The predicted molar refractivity (Wildman–Crippen MR) is 250 cm³/mol. The lowest BCUT2D eigenvalue weighted by atomic mass is 9.94. The third kappa shape index (κ3) is 9.01. The number of anilines is 5. The molecule has 0 heterocycles. The van der Waals surface area contributed by atoms with Crippen molar-refractivity contribution >= 4 is 34.0 Å². The van der Waals surface area contributed by atoms with Gasteiger partial charge in [-0.15, -0.1) is 0 Å². The van der Waals surface area contributed by atoms with Gasteiger partial charge in [0.1, 0.15) is 5.82 Å². The summed E-state index contributed by atoms with van der Waals surface area (Å²) in [6, 6.07) is 60.1. The summed E-state index contributed by atoms with van der Waals surface area (Å²) in [5, 5.41) is 0. The van der Waals surface area contributed by atoms with Gasteiger partial charge in [0.25, 0.3) is 0 Å². The van der Waals surface area contributed by atoms with Crippen molar-refractivity contribution in [1.82, 2.24) is 0 Å². The van der Waals surface area contributed by atoms with E-state index in [1.165, 1.54) is 23.3 Å². The first-order chi connectivity index (χ1) is 28.8. The Hall–Kier alpha value is -7.23. The highest BCUT2D eigenvalue weighted by atomic mass is 19.1. The zero-order valence-corrected chi connectivity index (χ0v) is 33.6. The highest BCUT2D eigenvalue weighted by molar-refractivity contribution is 5.82. The average molecular weight is 767 g/mol. The van der Waals surface area contributed by atoms with Crippen LogP contribution in [0.25, 0.3) is 39.0 Å². The molecule has 3 heteroatoms. The monoisotopic (exact) mass is 766 g/mol. The molecule has 7 aromatic carbocycles. The van der Waals surface area contributed by atoms with Crippen molar-refractivity contribution in [2.45, 2.75) is 20.3 Å². The Kier molecular flexibility index (Phi) is 11.5.